The number of aryl methyl sites for hydroxylation is 1. The number of hydrogen-bond donors (Lipinski definition) is 2. The van der Waals surface area contributed by atoms with Gasteiger partial charge in [-0.2, -0.15) is 4.37 Å². The lowest BCUT2D eigenvalue weighted by atomic mass is 10.1. The second kappa shape index (κ2) is 5.29. The summed E-state index contributed by atoms with van der Waals surface area (Å²) in [5, 5.41) is 12.2. The molecule has 0 saturated carbocycles. The van der Waals surface area contributed by atoms with Gasteiger partial charge in [0.05, 0.1) is 5.69 Å². The number of carbonyl (C=O) groups excluding carboxylic acids is 1. The van der Waals surface area contributed by atoms with E-state index in [1.54, 1.807) is 6.92 Å². The van der Waals surface area contributed by atoms with E-state index < -0.39 is 5.97 Å². The van der Waals surface area contributed by atoms with Crippen LogP contribution in [0.25, 0.3) is 0 Å². The topological polar surface area (TPSA) is 79.3 Å². The highest BCUT2D eigenvalue weighted by Crippen LogP contribution is 2.29. The molecule has 108 valence electrons. The Kier molecular flexibility index (Phi) is 3.47. The van der Waals surface area contributed by atoms with Gasteiger partial charge in [0.15, 0.2) is 0 Å². The number of amides is 1. The number of carboxylic acids is 1. The molecule has 0 atom stereocenters. The molecule has 2 N–H and O–H groups in total. The molecule has 0 fully saturated rings. The molecule has 0 unspecified atom stereocenters. The molecule has 0 bridgehead atoms. The number of rotatable bonds is 3. The zero-order valence-electron chi connectivity index (χ0n) is 11.4. The number of carbonyl (C=O) groups is 2. The van der Waals surface area contributed by atoms with Crippen molar-refractivity contribution in [2.75, 3.05) is 5.32 Å². The number of nitrogens with one attached hydrogen (secondary N) is 1. The Morgan fingerprint density at radius 3 is 2.48 bits per heavy atom. The molecule has 1 aromatic heterocycles. The van der Waals surface area contributed by atoms with Gasteiger partial charge in [-0.15, -0.1) is 0 Å². The third-order valence-corrected chi connectivity index (χ3v) is 4.59. The number of carboxylic acid groups (broad SMARTS) is 1. The number of fused-ring (bicyclic) bond motifs is 1. The number of aromatic nitrogens is 1. The minimum Gasteiger partial charge on any atom is -0.478 e. The van der Waals surface area contributed by atoms with Crippen LogP contribution in [0, 0.1) is 12.8 Å². The average Bonchev–Trinajstić information content (AvgIpc) is 3.02. The molecule has 1 aliphatic rings. The van der Waals surface area contributed by atoms with Gasteiger partial charge in [-0.1, -0.05) is 24.3 Å². The Morgan fingerprint density at radius 2 is 1.90 bits per heavy atom. The van der Waals surface area contributed by atoms with E-state index in [1.165, 1.54) is 11.1 Å². The summed E-state index contributed by atoms with van der Waals surface area (Å²) in [5.74, 6) is -1.35. The first-order valence-corrected chi connectivity index (χ1v) is 7.41. The van der Waals surface area contributed by atoms with Crippen molar-refractivity contribution in [3.63, 3.8) is 0 Å². The highest BCUT2D eigenvalue weighted by atomic mass is 32.1. The van der Waals surface area contributed by atoms with E-state index in [0.29, 0.717) is 23.5 Å². The molecule has 5 nitrogen and oxygen atoms in total. The Balaban J connectivity index is 1.76. The third kappa shape index (κ3) is 2.54. The van der Waals surface area contributed by atoms with E-state index in [0.717, 1.165) is 11.5 Å². The predicted octanol–water partition coefficient (Wildman–Crippen LogP) is 2.50. The van der Waals surface area contributed by atoms with E-state index in [-0.39, 0.29) is 17.4 Å². The van der Waals surface area contributed by atoms with Crippen LogP contribution in [0.15, 0.2) is 24.3 Å². The van der Waals surface area contributed by atoms with Crippen molar-refractivity contribution < 1.29 is 14.7 Å². The zero-order chi connectivity index (χ0) is 15.0. The number of benzene rings is 1. The maximum Gasteiger partial charge on any atom is 0.340 e. The monoisotopic (exact) mass is 302 g/mol. The Labute approximate surface area is 125 Å². The molecule has 0 radical (unpaired) electrons. The minimum atomic E-state index is -1.06. The lowest BCUT2D eigenvalue weighted by molar-refractivity contribution is -0.119. The van der Waals surface area contributed by atoms with Gasteiger partial charge in [0.2, 0.25) is 5.91 Å². The van der Waals surface area contributed by atoms with Crippen molar-refractivity contribution in [2.24, 2.45) is 5.92 Å². The molecule has 2 aromatic rings. The Bertz CT molecular complexity index is 698. The number of aromatic carboxylic acids is 1. The summed E-state index contributed by atoms with van der Waals surface area (Å²) in [6.45, 7) is 1.63. The van der Waals surface area contributed by atoms with Crippen molar-refractivity contribution >= 4 is 28.4 Å². The number of hydrogen-bond acceptors (Lipinski definition) is 4. The van der Waals surface area contributed by atoms with Crippen LogP contribution in [-0.4, -0.2) is 21.4 Å². The fraction of sp³-hybridized carbons (Fsp3) is 0.267. The largest absolute Gasteiger partial charge is 0.478 e. The lowest BCUT2D eigenvalue weighted by Crippen LogP contribution is -2.23. The summed E-state index contributed by atoms with van der Waals surface area (Å²) in [5.41, 5.74) is 2.90. The summed E-state index contributed by atoms with van der Waals surface area (Å²) >= 11 is 1.01. The van der Waals surface area contributed by atoms with Crippen LogP contribution in [0.2, 0.25) is 0 Å². The molecule has 0 aliphatic heterocycles. The van der Waals surface area contributed by atoms with Crippen molar-refractivity contribution in [3.8, 4) is 0 Å². The van der Waals surface area contributed by atoms with Gasteiger partial charge in [0, 0.05) is 5.92 Å². The Morgan fingerprint density at radius 1 is 1.29 bits per heavy atom. The summed E-state index contributed by atoms with van der Waals surface area (Å²) in [4.78, 5) is 23.5. The summed E-state index contributed by atoms with van der Waals surface area (Å²) in [6.07, 6.45) is 1.39. The standard InChI is InChI=1S/C15H14N2O3S/c1-8-12(15(19)20)14(21-17-8)16-13(18)11-6-9-4-2-3-5-10(9)7-11/h2-5,11H,6-7H2,1H3,(H,16,18)(H,19,20). The summed E-state index contributed by atoms with van der Waals surface area (Å²) in [6, 6.07) is 7.99. The van der Waals surface area contributed by atoms with E-state index >= 15 is 0 Å². The molecule has 3 rings (SSSR count). The van der Waals surface area contributed by atoms with Crippen LogP contribution >= 0.6 is 11.5 Å². The first kappa shape index (κ1) is 13.8. The molecule has 1 aliphatic carbocycles. The van der Waals surface area contributed by atoms with Crippen molar-refractivity contribution in [2.45, 2.75) is 19.8 Å². The highest BCUT2D eigenvalue weighted by molar-refractivity contribution is 7.11. The SMILES string of the molecule is Cc1nsc(NC(=O)C2Cc3ccccc3C2)c1C(=O)O. The maximum absolute atomic E-state index is 12.3. The summed E-state index contributed by atoms with van der Waals surface area (Å²) in [7, 11) is 0. The maximum atomic E-state index is 12.3. The van der Waals surface area contributed by atoms with Crippen molar-refractivity contribution in [1.82, 2.24) is 4.37 Å². The average molecular weight is 302 g/mol. The van der Waals surface area contributed by atoms with Crippen molar-refractivity contribution in [1.29, 1.82) is 0 Å². The molecule has 1 aromatic carbocycles. The summed E-state index contributed by atoms with van der Waals surface area (Å²) < 4.78 is 4.00. The van der Waals surface area contributed by atoms with E-state index in [9.17, 15) is 14.7 Å². The van der Waals surface area contributed by atoms with Crippen LogP contribution in [0.5, 0.6) is 0 Å². The van der Waals surface area contributed by atoms with Crippen LogP contribution < -0.4 is 5.32 Å². The van der Waals surface area contributed by atoms with Crippen LogP contribution in [-0.2, 0) is 17.6 Å². The predicted molar refractivity (Wildman–Crippen MR) is 79.8 cm³/mol. The minimum absolute atomic E-state index is 0.0869. The molecule has 0 saturated heterocycles. The van der Waals surface area contributed by atoms with E-state index in [1.807, 2.05) is 24.3 Å². The van der Waals surface area contributed by atoms with Gasteiger partial charge >= 0.3 is 5.97 Å². The lowest BCUT2D eigenvalue weighted by Gasteiger charge is -2.09. The molecule has 21 heavy (non-hydrogen) atoms. The van der Waals surface area contributed by atoms with Gasteiger partial charge in [-0.25, -0.2) is 4.79 Å². The quantitative estimate of drug-likeness (QED) is 0.913. The van der Waals surface area contributed by atoms with Crippen LogP contribution in [0.4, 0.5) is 5.00 Å². The normalized spacial score (nSPS) is 14.0. The van der Waals surface area contributed by atoms with Crippen LogP contribution in [0.1, 0.15) is 27.2 Å². The number of nitrogens with zero attached hydrogens (tertiary/aromatic N) is 1. The Hall–Kier alpha value is -2.21. The first-order chi connectivity index (χ1) is 10.1. The van der Waals surface area contributed by atoms with Gasteiger partial charge in [-0.3, -0.25) is 4.79 Å². The molecule has 1 amide bonds. The molecule has 1 heterocycles. The van der Waals surface area contributed by atoms with Gasteiger partial charge in [0.25, 0.3) is 0 Å². The van der Waals surface area contributed by atoms with Gasteiger partial charge in [0.1, 0.15) is 10.6 Å². The first-order valence-electron chi connectivity index (χ1n) is 6.63. The smallest absolute Gasteiger partial charge is 0.340 e. The highest BCUT2D eigenvalue weighted by Gasteiger charge is 2.28. The zero-order valence-corrected chi connectivity index (χ0v) is 12.2. The van der Waals surface area contributed by atoms with Gasteiger partial charge < -0.3 is 10.4 Å². The van der Waals surface area contributed by atoms with Gasteiger partial charge in [-0.05, 0) is 42.4 Å². The fourth-order valence-corrected chi connectivity index (χ4v) is 3.46. The number of anilines is 1. The van der Waals surface area contributed by atoms with Crippen molar-refractivity contribution in [3.05, 3.63) is 46.6 Å². The second-order valence-electron chi connectivity index (χ2n) is 5.14. The van der Waals surface area contributed by atoms with Crippen LogP contribution in [0.3, 0.4) is 0 Å². The fourth-order valence-electron chi connectivity index (χ4n) is 2.67. The molecular formula is C15H14N2O3S. The molecule has 0 spiro atoms. The third-order valence-electron chi connectivity index (χ3n) is 3.74. The van der Waals surface area contributed by atoms with E-state index in [2.05, 4.69) is 9.69 Å². The molecular weight excluding hydrogens is 288 g/mol. The second-order valence-corrected chi connectivity index (χ2v) is 5.91. The van der Waals surface area contributed by atoms with E-state index in [4.69, 9.17) is 0 Å². The molecule has 6 heteroatoms.